The molecule has 0 N–H and O–H groups in total. The molecule has 0 radical (unpaired) electrons. The highest BCUT2D eigenvalue weighted by atomic mass is 14.8. The molecule has 0 fully saturated rings. The lowest BCUT2D eigenvalue weighted by atomic mass is 10.0. The number of fused-ring (bicyclic) bond motifs is 1. The SMILES string of the molecule is C1=NCCc2ncc(-c3cncnc3)cc21. The van der Waals surface area contributed by atoms with Crippen LogP contribution in [0, 0.1) is 0 Å². The van der Waals surface area contributed by atoms with Gasteiger partial charge >= 0.3 is 0 Å². The van der Waals surface area contributed by atoms with Crippen LogP contribution in [0.4, 0.5) is 0 Å². The molecule has 4 heteroatoms. The molecule has 16 heavy (non-hydrogen) atoms. The zero-order valence-corrected chi connectivity index (χ0v) is 8.67. The Morgan fingerprint density at radius 2 is 1.88 bits per heavy atom. The van der Waals surface area contributed by atoms with Crippen LogP contribution in [0.3, 0.4) is 0 Å². The third-order valence-electron chi connectivity index (χ3n) is 2.61. The molecule has 0 unspecified atom stereocenters. The first-order valence-corrected chi connectivity index (χ1v) is 5.17. The van der Waals surface area contributed by atoms with Crippen molar-refractivity contribution in [3.05, 3.63) is 42.2 Å². The molecule has 3 rings (SSSR count). The zero-order valence-electron chi connectivity index (χ0n) is 8.67. The van der Waals surface area contributed by atoms with Crippen LogP contribution in [-0.4, -0.2) is 27.7 Å². The molecule has 1 aliphatic rings. The van der Waals surface area contributed by atoms with Crippen LogP contribution in [0.1, 0.15) is 11.3 Å². The van der Waals surface area contributed by atoms with Crippen molar-refractivity contribution in [2.75, 3.05) is 6.54 Å². The normalized spacial score (nSPS) is 13.5. The van der Waals surface area contributed by atoms with E-state index in [1.165, 1.54) is 6.33 Å². The second-order valence-corrected chi connectivity index (χ2v) is 3.67. The van der Waals surface area contributed by atoms with Gasteiger partial charge in [0.1, 0.15) is 6.33 Å². The average molecular weight is 210 g/mol. The molecule has 2 aromatic heterocycles. The summed E-state index contributed by atoms with van der Waals surface area (Å²) in [5, 5.41) is 0. The predicted octanol–water partition coefficient (Wildman–Crippen LogP) is 1.51. The first kappa shape index (κ1) is 9.15. The van der Waals surface area contributed by atoms with Gasteiger partial charge in [0.05, 0.1) is 5.69 Å². The van der Waals surface area contributed by atoms with Crippen LogP contribution in [0.2, 0.25) is 0 Å². The van der Waals surface area contributed by atoms with E-state index in [2.05, 4.69) is 26.0 Å². The summed E-state index contributed by atoms with van der Waals surface area (Å²) in [6.45, 7) is 0.841. The molecule has 2 aromatic rings. The Hall–Kier alpha value is -2.10. The van der Waals surface area contributed by atoms with E-state index < -0.39 is 0 Å². The maximum Gasteiger partial charge on any atom is 0.115 e. The lowest BCUT2D eigenvalue weighted by Crippen LogP contribution is -2.05. The van der Waals surface area contributed by atoms with Crippen LogP contribution >= 0.6 is 0 Å². The van der Waals surface area contributed by atoms with E-state index >= 15 is 0 Å². The highest BCUT2D eigenvalue weighted by Gasteiger charge is 2.08. The van der Waals surface area contributed by atoms with Crippen molar-refractivity contribution >= 4 is 6.21 Å². The van der Waals surface area contributed by atoms with Gasteiger partial charge in [-0.1, -0.05) is 0 Å². The monoisotopic (exact) mass is 210 g/mol. The summed E-state index contributed by atoms with van der Waals surface area (Å²) in [7, 11) is 0. The third-order valence-corrected chi connectivity index (χ3v) is 2.61. The van der Waals surface area contributed by atoms with E-state index in [0.717, 1.165) is 35.3 Å². The molecule has 1 aliphatic heterocycles. The molecule has 0 spiro atoms. The van der Waals surface area contributed by atoms with E-state index in [4.69, 9.17) is 0 Å². The van der Waals surface area contributed by atoms with Crippen molar-refractivity contribution in [3.8, 4) is 11.1 Å². The van der Waals surface area contributed by atoms with E-state index in [9.17, 15) is 0 Å². The molecule has 3 heterocycles. The molecule has 0 atom stereocenters. The zero-order chi connectivity index (χ0) is 10.8. The van der Waals surface area contributed by atoms with Gasteiger partial charge < -0.3 is 0 Å². The molecule has 0 amide bonds. The maximum atomic E-state index is 4.45. The fourth-order valence-electron chi connectivity index (χ4n) is 1.77. The van der Waals surface area contributed by atoms with Gasteiger partial charge in [-0.05, 0) is 6.07 Å². The van der Waals surface area contributed by atoms with E-state index in [0.29, 0.717) is 0 Å². The quantitative estimate of drug-likeness (QED) is 0.717. The first-order chi connectivity index (χ1) is 7.93. The van der Waals surface area contributed by atoms with Crippen molar-refractivity contribution in [3.63, 3.8) is 0 Å². The van der Waals surface area contributed by atoms with Crippen molar-refractivity contribution in [1.82, 2.24) is 15.0 Å². The van der Waals surface area contributed by atoms with E-state index in [1.54, 1.807) is 12.4 Å². The van der Waals surface area contributed by atoms with E-state index in [1.807, 2.05) is 12.4 Å². The minimum Gasteiger partial charge on any atom is -0.292 e. The Labute approximate surface area is 93.1 Å². The minimum absolute atomic E-state index is 0.841. The summed E-state index contributed by atoms with van der Waals surface area (Å²) in [4.78, 5) is 16.7. The van der Waals surface area contributed by atoms with Crippen LogP contribution in [-0.2, 0) is 6.42 Å². The number of hydrogen-bond acceptors (Lipinski definition) is 4. The molecule has 0 saturated carbocycles. The van der Waals surface area contributed by atoms with Gasteiger partial charge in [-0.25, -0.2) is 9.97 Å². The number of nitrogens with zero attached hydrogens (tertiary/aromatic N) is 4. The fraction of sp³-hybridized carbons (Fsp3) is 0.167. The second-order valence-electron chi connectivity index (χ2n) is 3.67. The standard InChI is InChI=1S/C12H10N4/c1-2-13-4-10-3-9(7-16-12(1)10)11-5-14-8-15-6-11/h3-8H,1-2H2. The summed E-state index contributed by atoms with van der Waals surface area (Å²) in [5.74, 6) is 0. The molecule has 0 aliphatic carbocycles. The van der Waals surface area contributed by atoms with Crippen LogP contribution in [0.5, 0.6) is 0 Å². The predicted molar refractivity (Wildman–Crippen MR) is 61.4 cm³/mol. The van der Waals surface area contributed by atoms with Gasteiger partial charge in [0, 0.05) is 54.5 Å². The summed E-state index contributed by atoms with van der Waals surface area (Å²) in [5.41, 5.74) is 4.24. The minimum atomic E-state index is 0.841. The Morgan fingerprint density at radius 1 is 1.00 bits per heavy atom. The third kappa shape index (κ3) is 1.58. The molecular weight excluding hydrogens is 200 g/mol. The van der Waals surface area contributed by atoms with Crippen LogP contribution < -0.4 is 0 Å². The highest BCUT2D eigenvalue weighted by Crippen LogP contribution is 2.20. The summed E-state index contributed by atoms with van der Waals surface area (Å²) in [6.07, 6.45) is 9.79. The number of aliphatic imine (C=N–C) groups is 1. The molecule has 0 saturated heterocycles. The lowest BCUT2D eigenvalue weighted by molar-refractivity contribution is 0.906. The van der Waals surface area contributed by atoms with Crippen molar-refractivity contribution in [2.45, 2.75) is 6.42 Å². The molecule has 78 valence electrons. The van der Waals surface area contributed by atoms with Gasteiger partial charge in [-0.2, -0.15) is 0 Å². The average Bonchev–Trinajstić information content (AvgIpc) is 2.39. The number of rotatable bonds is 1. The first-order valence-electron chi connectivity index (χ1n) is 5.17. The van der Waals surface area contributed by atoms with Crippen molar-refractivity contribution in [2.24, 2.45) is 4.99 Å². The van der Waals surface area contributed by atoms with E-state index in [-0.39, 0.29) is 0 Å². The molecule has 4 nitrogen and oxygen atoms in total. The largest absolute Gasteiger partial charge is 0.292 e. The number of hydrogen-bond donors (Lipinski definition) is 0. The molecule has 0 bridgehead atoms. The Bertz CT molecular complexity index is 534. The topological polar surface area (TPSA) is 51.0 Å². The van der Waals surface area contributed by atoms with Crippen molar-refractivity contribution < 1.29 is 0 Å². The molecule has 0 aromatic carbocycles. The Morgan fingerprint density at radius 3 is 2.75 bits per heavy atom. The van der Waals surface area contributed by atoms with Crippen LogP contribution in [0.15, 0.2) is 36.0 Å². The Kier molecular flexibility index (Phi) is 2.18. The smallest absolute Gasteiger partial charge is 0.115 e. The van der Waals surface area contributed by atoms with Gasteiger partial charge in [0.15, 0.2) is 0 Å². The summed E-state index contributed by atoms with van der Waals surface area (Å²) >= 11 is 0. The highest BCUT2D eigenvalue weighted by molar-refractivity contribution is 5.84. The molecular formula is C12H10N4. The second kappa shape index (κ2) is 3.81. The van der Waals surface area contributed by atoms with Gasteiger partial charge in [0.2, 0.25) is 0 Å². The summed E-state index contributed by atoms with van der Waals surface area (Å²) < 4.78 is 0. The van der Waals surface area contributed by atoms with Gasteiger partial charge in [0.25, 0.3) is 0 Å². The van der Waals surface area contributed by atoms with Gasteiger partial charge in [-0.15, -0.1) is 0 Å². The van der Waals surface area contributed by atoms with Crippen molar-refractivity contribution in [1.29, 1.82) is 0 Å². The maximum absolute atomic E-state index is 4.45. The Balaban J connectivity index is 2.08. The number of pyridine rings is 1. The lowest BCUT2D eigenvalue weighted by Gasteiger charge is -2.10. The van der Waals surface area contributed by atoms with Gasteiger partial charge in [-0.3, -0.25) is 9.98 Å². The number of aromatic nitrogens is 3. The summed E-state index contributed by atoms with van der Waals surface area (Å²) in [6, 6.07) is 2.09. The van der Waals surface area contributed by atoms with Crippen LogP contribution in [0.25, 0.3) is 11.1 Å². The fourth-order valence-corrected chi connectivity index (χ4v) is 1.77.